The van der Waals surface area contributed by atoms with Crippen molar-refractivity contribution in [2.24, 2.45) is 5.73 Å². The molecular weight excluding hydrogens is 271 g/mol. The Bertz CT molecular complexity index is 489. The van der Waals surface area contributed by atoms with Gasteiger partial charge in [-0.3, -0.25) is 4.79 Å². The number of carbonyl (C=O) groups excluding carboxylic acids is 1. The van der Waals surface area contributed by atoms with Crippen molar-refractivity contribution in [3.05, 3.63) is 34.6 Å². The molecule has 0 unspecified atom stereocenters. The number of halogens is 7. The van der Waals surface area contributed by atoms with E-state index in [1.165, 1.54) is 0 Å². The monoisotopic (exact) mass is 275 g/mol. The lowest BCUT2D eigenvalue weighted by Crippen LogP contribution is -2.25. The second-order valence-corrected chi connectivity index (χ2v) is 3.20. The van der Waals surface area contributed by atoms with E-state index in [0.717, 1.165) is 0 Å². The van der Waals surface area contributed by atoms with Crippen molar-refractivity contribution < 1.29 is 35.5 Å². The minimum absolute atomic E-state index is 0.109. The second-order valence-electron chi connectivity index (χ2n) is 3.20. The summed E-state index contributed by atoms with van der Waals surface area (Å²) in [6.07, 6.45) is -11.2. The molecule has 1 aromatic carbocycles. The van der Waals surface area contributed by atoms with Gasteiger partial charge in [0.15, 0.2) is 0 Å². The van der Waals surface area contributed by atoms with Crippen LogP contribution in [0, 0.1) is 5.82 Å². The first-order valence-electron chi connectivity index (χ1n) is 4.23. The van der Waals surface area contributed by atoms with Gasteiger partial charge >= 0.3 is 12.4 Å². The highest BCUT2D eigenvalue weighted by Gasteiger charge is 2.47. The number of amides is 1. The van der Waals surface area contributed by atoms with Crippen molar-refractivity contribution in [2.75, 3.05) is 0 Å². The topological polar surface area (TPSA) is 43.1 Å². The van der Waals surface area contributed by atoms with Gasteiger partial charge in [-0.15, -0.1) is 0 Å². The first-order valence-corrected chi connectivity index (χ1v) is 4.23. The number of nitrogens with two attached hydrogens (primary N) is 1. The van der Waals surface area contributed by atoms with Crippen LogP contribution in [0.15, 0.2) is 12.1 Å². The molecule has 0 fully saturated rings. The van der Waals surface area contributed by atoms with Crippen LogP contribution in [-0.2, 0) is 12.4 Å². The van der Waals surface area contributed by atoms with Crippen molar-refractivity contribution in [1.29, 1.82) is 0 Å². The predicted molar refractivity (Wildman–Crippen MR) is 44.9 cm³/mol. The Morgan fingerprint density at radius 2 is 1.39 bits per heavy atom. The van der Waals surface area contributed by atoms with E-state index in [0.29, 0.717) is 0 Å². The van der Waals surface area contributed by atoms with E-state index in [-0.39, 0.29) is 12.1 Å². The maximum absolute atomic E-state index is 12.9. The molecule has 18 heavy (non-hydrogen) atoms. The highest BCUT2D eigenvalue weighted by Crippen LogP contribution is 2.43. The Labute approximate surface area is 95.2 Å². The molecule has 0 spiro atoms. The largest absolute Gasteiger partial charge is 0.419 e. The number of rotatable bonds is 1. The summed E-state index contributed by atoms with van der Waals surface area (Å²) < 4.78 is 87.6. The van der Waals surface area contributed by atoms with Gasteiger partial charge < -0.3 is 5.73 Å². The molecule has 0 aliphatic carbocycles. The highest BCUT2D eigenvalue weighted by molar-refractivity contribution is 5.95. The predicted octanol–water partition coefficient (Wildman–Crippen LogP) is 2.96. The minimum Gasteiger partial charge on any atom is -0.366 e. The van der Waals surface area contributed by atoms with Gasteiger partial charge in [-0.25, -0.2) is 4.39 Å². The molecule has 0 aliphatic rings. The normalized spacial score (nSPS) is 12.6. The highest BCUT2D eigenvalue weighted by atomic mass is 19.4. The van der Waals surface area contributed by atoms with Crippen LogP contribution in [0.5, 0.6) is 0 Å². The molecule has 9 heteroatoms. The standard InChI is InChI=1S/C9H4F7NO/c10-4-2-1-3(7(17)18)5(8(11,12)13)6(4)9(14,15)16/h1-2H,(H2,17,18). The summed E-state index contributed by atoms with van der Waals surface area (Å²) in [6.45, 7) is 0. The molecule has 1 rings (SSSR count). The van der Waals surface area contributed by atoms with Crippen molar-refractivity contribution in [3.63, 3.8) is 0 Å². The van der Waals surface area contributed by atoms with Crippen LogP contribution in [-0.4, -0.2) is 5.91 Å². The first kappa shape index (κ1) is 14.3. The summed E-state index contributed by atoms with van der Waals surface area (Å²) in [7, 11) is 0. The Hall–Kier alpha value is -1.80. The molecule has 0 atom stereocenters. The number of primary amides is 1. The Morgan fingerprint density at radius 3 is 1.72 bits per heavy atom. The quantitative estimate of drug-likeness (QED) is 0.787. The van der Waals surface area contributed by atoms with Gasteiger partial charge in [0.1, 0.15) is 11.4 Å². The lowest BCUT2D eigenvalue weighted by atomic mass is 9.99. The van der Waals surface area contributed by atoms with E-state index in [1.807, 2.05) is 0 Å². The molecule has 0 aromatic heterocycles. The Balaban J connectivity index is 3.79. The molecule has 0 saturated heterocycles. The number of alkyl halides is 6. The number of benzene rings is 1. The van der Waals surface area contributed by atoms with E-state index in [4.69, 9.17) is 0 Å². The van der Waals surface area contributed by atoms with Gasteiger partial charge in [-0.1, -0.05) is 0 Å². The average molecular weight is 275 g/mol. The summed E-state index contributed by atoms with van der Waals surface area (Å²) in [5.41, 5.74) is -1.85. The summed E-state index contributed by atoms with van der Waals surface area (Å²) in [5.74, 6) is -3.85. The van der Waals surface area contributed by atoms with E-state index >= 15 is 0 Å². The number of hydrogen-bond acceptors (Lipinski definition) is 1. The molecule has 1 amide bonds. The molecule has 0 heterocycles. The summed E-state index contributed by atoms with van der Waals surface area (Å²) >= 11 is 0. The molecule has 2 nitrogen and oxygen atoms in total. The maximum atomic E-state index is 12.9. The van der Waals surface area contributed by atoms with Crippen LogP contribution in [0.25, 0.3) is 0 Å². The van der Waals surface area contributed by atoms with Gasteiger partial charge in [-0.2, -0.15) is 26.3 Å². The third-order valence-electron chi connectivity index (χ3n) is 1.99. The van der Waals surface area contributed by atoms with Crippen molar-refractivity contribution in [3.8, 4) is 0 Å². The minimum atomic E-state index is -5.60. The summed E-state index contributed by atoms with van der Waals surface area (Å²) in [5, 5.41) is 0. The lowest BCUT2D eigenvalue weighted by molar-refractivity contribution is -0.164. The Morgan fingerprint density at radius 1 is 0.944 bits per heavy atom. The van der Waals surface area contributed by atoms with Crippen LogP contribution in [0.4, 0.5) is 30.7 Å². The van der Waals surface area contributed by atoms with Crippen molar-refractivity contribution in [1.82, 2.24) is 0 Å². The fourth-order valence-corrected chi connectivity index (χ4v) is 1.35. The van der Waals surface area contributed by atoms with Crippen LogP contribution in [0.2, 0.25) is 0 Å². The van der Waals surface area contributed by atoms with Crippen molar-refractivity contribution >= 4 is 5.91 Å². The Kier molecular flexibility index (Phi) is 3.28. The molecule has 0 radical (unpaired) electrons. The summed E-state index contributed by atoms with van der Waals surface area (Å²) in [6, 6.07) is 0.369. The zero-order chi connectivity index (χ0) is 14.3. The van der Waals surface area contributed by atoms with Gasteiger partial charge in [-0.05, 0) is 12.1 Å². The zero-order valence-corrected chi connectivity index (χ0v) is 8.29. The van der Waals surface area contributed by atoms with Gasteiger partial charge in [0.25, 0.3) is 0 Å². The fourth-order valence-electron chi connectivity index (χ4n) is 1.35. The summed E-state index contributed by atoms with van der Waals surface area (Å²) in [4.78, 5) is 10.7. The molecule has 100 valence electrons. The molecular formula is C9H4F7NO. The molecule has 0 bridgehead atoms. The van der Waals surface area contributed by atoms with Crippen LogP contribution >= 0.6 is 0 Å². The first-order chi connectivity index (χ1) is 7.96. The molecule has 0 saturated carbocycles. The molecule has 2 N–H and O–H groups in total. The van der Waals surface area contributed by atoms with Gasteiger partial charge in [0, 0.05) is 0 Å². The van der Waals surface area contributed by atoms with Crippen LogP contribution < -0.4 is 5.73 Å². The van der Waals surface area contributed by atoms with E-state index in [9.17, 15) is 35.5 Å². The van der Waals surface area contributed by atoms with E-state index < -0.39 is 40.8 Å². The van der Waals surface area contributed by atoms with Crippen LogP contribution in [0.3, 0.4) is 0 Å². The lowest BCUT2D eigenvalue weighted by Gasteiger charge is -2.18. The van der Waals surface area contributed by atoms with E-state index in [1.54, 1.807) is 0 Å². The van der Waals surface area contributed by atoms with E-state index in [2.05, 4.69) is 5.73 Å². The fraction of sp³-hybridized carbons (Fsp3) is 0.222. The third-order valence-corrected chi connectivity index (χ3v) is 1.99. The van der Waals surface area contributed by atoms with Crippen molar-refractivity contribution in [2.45, 2.75) is 12.4 Å². The molecule has 0 aliphatic heterocycles. The van der Waals surface area contributed by atoms with Crippen LogP contribution in [0.1, 0.15) is 21.5 Å². The van der Waals surface area contributed by atoms with Gasteiger partial charge in [0.2, 0.25) is 5.91 Å². The molecule has 1 aromatic rings. The zero-order valence-electron chi connectivity index (χ0n) is 8.29. The third kappa shape index (κ3) is 2.54. The number of carbonyl (C=O) groups is 1. The maximum Gasteiger partial charge on any atom is 0.419 e. The van der Waals surface area contributed by atoms with Gasteiger partial charge in [0.05, 0.1) is 11.1 Å². The average Bonchev–Trinajstić information content (AvgIpc) is 2.13. The SMILES string of the molecule is NC(=O)c1ccc(F)c(C(F)(F)F)c1C(F)(F)F. The number of hydrogen-bond donors (Lipinski definition) is 1. The smallest absolute Gasteiger partial charge is 0.366 e. The second kappa shape index (κ2) is 4.14.